The predicted molar refractivity (Wildman–Crippen MR) is 84.2 cm³/mol. The minimum absolute atomic E-state index is 0.238. The van der Waals surface area contributed by atoms with E-state index in [1.807, 2.05) is 16.6 Å². The van der Waals surface area contributed by atoms with E-state index in [9.17, 15) is 4.79 Å². The molecule has 0 aromatic carbocycles. The van der Waals surface area contributed by atoms with Gasteiger partial charge in [-0.05, 0) is 37.8 Å². The zero-order chi connectivity index (χ0) is 15.4. The molecule has 0 bridgehead atoms. The number of amides is 1. The van der Waals surface area contributed by atoms with Crippen LogP contribution in [0.5, 0.6) is 0 Å². The van der Waals surface area contributed by atoms with Crippen LogP contribution in [0.2, 0.25) is 0 Å². The lowest BCUT2D eigenvalue weighted by Crippen LogP contribution is -2.52. The summed E-state index contributed by atoms with van der Waals surface area (Å²) < 4.78 is 1.90. The smallest absolute Gasteiger partial charge is 0.223 e. The highest BCUT2D eigenvalue weighted by atomic mass is 16.2. The number of rotatable bonds is 5. The van der Waals surface area contributed by atoms with Gasteiger partial charge in [0.25, 0.3) is 0 Å². The van der Waals surface area contributed by atoms with Crippen LogP contribution in [0.4, 0.5) is 5.82 Å². The average Bonchev–Trinajstić information content (AvgIpc) is 3.42. The first kappa shape index (κ1) is 13.3. The third kappa shape index (κ3) is 2.44. The molecule has 3 heterocycles. The molecule has 5 rings (SSSR count). The van der Waals surface area contributed by atoms with E-state index in [0.29, 0.717) is 17.8 Å². The third-order valence-electron chi connectivity index (χ3n) is 5.01. The normalized spacial score (nSPS) is 21.5. The van der Waals surface area contributed by atoms with E-state index >= 15 is 0 Å². The first-order valence-electron chi connectivity index (χ1n) is 8.53. The molecule has 7 heteroatoms. The molecule has 1 amide bonds. The molecule has 3 aliphatic rings. The van der Waals surface area contributed by atoms with Crippen molar-refractivity contribution in [2.75, 3.05) is 24.5 Å². The van der Waals surface area contributed by atoms with Crippen LogP contribution in [0.25, 0.3) is 5.65 Å². The van der Waals surface area contributed by atoms with Crippen molar-refractivity contribution < 1.29 is 4.79 Å². The van der Waals surface area contributed by atoms with E-state index in [4.69, 9.17) is 5.10 Å². The second kappa shape index (κ2) is 4.91. The van der Waals surface area contributed by atoms with Gasteiger partial charge >= 0.3 is 0 Å². The van der Waals surface area contributed by atoms with Crippen molar-refractivity contribution in [3.05, 3.63) is 18.0 Å². The van der Waals surface area contributed by atoms with Crippen LogP contribution in [-0.4, -0.2) is 45.4 Å². The summed E-state index contributed by atoms with van der Waals surface area (Å²) in [6, 6.07) is 4.00. The van der Waals surface area contributed by atoms with Gasteiger partial charge in [-0.25, -0.2) is 0 Å². The Morgan fingerprint density at radius 2 is 2.00 bits per heavy atom. The minimum Gasteiger partial charge on any atom is -0.355 e. The number of nitrogens with zero attached hydrogens (tertiary/aromatic N) is 5. The van der Waals surface area contributed by atoms with Crippen molar-refractivity contribution in [3.8, 4) is 0 Å². The fraction of sp³-hybridized carbons (Fsp3) is 0.625. The van der Waals surface area contributed by atoms with Gasteiger partial charge < -0.3 is 10.2 Å². The number of nitrogens with one attached hydrogen (secondary N) is 1. The number of aromatic nitrogens is 4. The van der Waals surface area contributed by atoms with Crippen LogP contribution < -0.4 is 10.2 Å². The summed E-state index contributed by atoms with van der Waals surface area (Å²) in [5.74, 6) is 3.57. The molecule has 1 aliphatic heterocycles. The molecule has 120 valence electrons. The van der Waals surface area contributed by atoms with Crippen LogP contribution in [0.1, 0.15) is 37.4 Å². The van der Waals surface area contributed by atoms with E-state index in [2.05, 4.69) is 20.4 Å². The van der Waals surface area contributed by atoms with E-state index in [1.54, 1.807) is 0 Å². The maximum atomic E-state index is 11.7. The number of carbonyl (C=O) groups is 1. The number of hydrogen-bond acceptors (Lipinski definition) is 5. The SMILES string of the molecule is O=C(NCC1CN(c2ccc3nnc(C4CC4)n3n2)C1)C1CC1. The summed E-state index contributed by atoms with van der Waals surface area (Å²) in [5, 5.41) is 16.2. The van der Waals surface area contributed by atoms with Gasteiger partial charge in [0, 0.05) is 37.4 Å². The lowest BCUT2D eigenvalue weighted by molar-refractivity contribution is -0.122. The van der Waals surface area contributed by atoms with E-state index in [0.717, 1.165) is 49.8 Å². The first-order valence-corrected chi connectivity index (χ1v) is 8.53. The molecule has 1 N–H and O–H groups in total. The maximum absolute atomic E-state index is 11.7. The standard InChI is InChI=1S/C16H20N6O/c23-16(12-3-4-12)17-7-10-8-21(9-10)14-6-5-13-18-19-15(11-1-2-11)22(13)20-14/h5-6,10-12H,1-4,7-9H2,(H,17,23). The summed E-state index contributed by atoms with van der Waals surface area (Å²) in [4.78, 5) is 13.9. The van der Waals surface area contributed by atoms with Crippen molar-refractivity contribution in [2.45, 2.75) is 31.6 Å². The highest BCUT2D eigenvalue weighted by Gasteiger charge is 2.33. The van der Waals surface area contributed by atoms with Gasteiger partial charge in [0.2, 0.25) is 5.91 Å². The summed E-state index contributed by atoms with van der Waals surface area (Å²) >= 11 is 0. The fourth-order valence-corrected chi connectivity index (χ4v) is 3.18. The van der Waals surface area contributed by atoms with Gasteiger partial charge in [0.15, 0.2) is 11.5 Å². The Labute approximate surface area is 134 Å². The topological polar surface area (TPSA) is 75.4 Å². The summed E-state index contributed by atoms with van der Waals surface area (Å²) in [7, 11) is 0. The second-order valence-electron chi connectivity index (χ2n) is 7.08. The molecule has 2 saturated carbocycles. The van der Waals surface area contributed by atoms with Gasteiger partial charge in [0.05, 0.1) is 0 Å². The quantitative estimate of drug-likeness (QED) is 0.890. The van der Waals surface area contributed by atoms with Crippen molar-refractivity contribution >= 4 is 17.4 Å². The molecule has 0 unspecified atom stereocenters. The molecule has 2 aromatic heterocycles. The molecule has 3 fully saturated rings. The summed E-state index contributed by atoms with van der Waals surface area (Å²) in [6.45, 7) is 2.68. The van der Waals surface area contributed by atoms with E-state index in [-0.39, 0.29) is 5.91 Å². The van der Waals surface area contributed by atoms with Crippen molar-refractivity contribution in [3.63, 3.8) is 0 Å². The minimum atomic E-state index is 0.238. The van der Waals surface area contributed by atoms with Crippen LogP contribution in [-0.2, 0) is 4.79 Å². The van der Waals surface area contributed by atoms with E-state index < -0.39 is 0 Å². The molecular weight excluding hydrogens is 292 g/mol. The lowest BCUT2D eigenvalue weighted by atomic mass is 10.0. The third-order valence-corrected chi connectivity index (χ3v) is 5.01. The Kier molecular flexibility index (Phi) is 2.83. The monoisotopic (exact) mass is 312 g/mol. The Hall–Kier alpha value is -2.18. The fourth-order valence-electron chi connectivity index (χ4n) is 3.18. The van der Waals surface area contributed by atoms with Gasteiger partial charge in [-0.2, -0.15) is 4.52 Å². The summed E-state index contributed by atoms with van der Waals surface area (Å²) in [6.07, 6.45) is 4.52. The molecule has 0 radical (unpaired) electrons. The molecule has 2 aromatic rings. The number of anilines is 1. The second-order valence-corrected chi connectivity index (χ2v) is 7.08. The number of carbonyl (C=O) groups excluding carboxylic acids is 1. The van der Waals surface area contributed by atoms with Crippen LogP contribution in [0, 0.1) is 11.8 Å². The molecule has 0 spiro atoms. The van der Waals surface area contributed by atoms with Gasteiger partial charge in [0.1, 0.15) is 5.82 Å². The van der Waals surface area contributed by atoms with Crippen molar-refractivity contribution in [1.29, 1.82) is 0 Å². The largest absolute Gasteiger partial charge is 0.355 e. The van der Waals surface area contributed by atoms with Crippen molar-refractivity contribution in [2.24, 2.45) is 11.8 Å². The Morgan fingerprint density at radius 3 is 2.74 bits per heavy atom. The highest BCUT2D eigenvalue weighted by Crippen LogP contribution is 2.39. The Balaban J connectivity index is 1.23. The van der Waals surface area contributed by atoms with Crippen LogP contribution >= 0.6 is 0 Å². The maximum Gasteiger partial charge on any atom is 0.223 e. The molecular formula is C16H20N6O. The van der Waals surface area contributed by atoms with Gasteiger partial charge in [-0.1, -0.05) is 0 Å². The van der Waals surface area contributed by atoms with Gasteiger partial charge in [-0.3, -0.25) is 4.79 Å². The highest BCUT2D eigenvalue weighted by molar-refractivity contribution is 5.80. The molecule has 1 saturated heterocycles. The average molecular weight is 312 g/mol. The number of fused-ring (bicyclic) bond motifs is 1. The molecule has 2 aliphatic carbocycles. The molecule has 23 heavy (non-hydrogen) atoms. The van der Waals surface area contributed by atoms with Crippen LogP contribution in [0.3, 0.4) is 0 Å². The van der Waals surface area contributed by atoms with Crippen LogP contribution in [0.15, 0.2) is 12.1 Å². The predicted octanol–water partition coefficient (Wildman–Crippen LogP) is 0.964. The van der Waals surface area contributed by atoms with Gasteiger partial charge in [-0.15, -0.1) is 15.3 Å². The Bertz CT molecular complexity index is 757. The van der Waals surface area contributed by atoms with Crippen molar-refractivity contribution in [1.82, 2.24) is 25.1 Å². The summed E-state index contributed by atoms with van der Waals surface area (Å²) in [5.41, 5.74) is 0.824. The zero-order valence-electron chi connectivity index (χ0n) is 13.0. The Morgan fingerprint density at radius 1 is 1.17 bits per heavy atom. The molecule has 0 atom stereocenters. The zero-order valence-corrected chi connectivity index (χ0v) is 13.0. The first-order chi connectivity index (χ1) is 11.3. The molecule has 7 nitrogen and oxygen atoms in total. The lowest BCUT2D eigenvalue weighted by Gasteiger charge is -2.40. The van der Waals surface area contributed by atoms with E-state index in [1.165, 1.54) is 12.8 Å². The number of hydrogen-bond donors (Lipinski definition) is 1.